The highest BCUT2D eigenvalue weighted by Gasteiger charge is 2.28. The number of methoxy groups -OCH3 is 1. The number of aromatic nitrogens is 2. The van der Waals surface area contributed by atoms with Gasteiger partial charge in [0.1, 0.15) is 12.0 Å². The Morgan fingerprint density at radius 3 is 2.49 bits per heavy atom. The molecule has 0 unspecified atom stereocenters. The van der Waals surface area contributed by atoms with Crippen molar-refractivity contribution in [3.8, 4) is 5.75 Å². The molecule has 0 radical (unpaired) electrons. The molecule has 0 saturated heterocycles. The standard InChI is InChI=1S/C28H27N3O5S/c1-5-6-7-25(20(2)3)31-26-14-13-24(18-22(26)10-15-28(31)32)37(33,34)30(27-16-17-36-29-27)19-21-8-11-23(35-4)12-9-21/h5-18H,1,19H2,2-4H3/b7-6-. The first kappa shape index (κ1) is 25.7. The highest BCUT2D eigenvalue weighted by Crippen LogP contribution is 2.28. The lowest BCUT2D eigenvalue weighted by molar-refractivity contribution is 0.414. The third kappa shape index (κ3) is 5.26. The number of anilines is 1. The molecule has 4 rings (SSSR count). The number of hydrogen-bond donors (Lipinski definition) is 0. The van der Waals surface area contributed by atoms with Crippen molar-refractivity contribution in [1.29, 1.82) is 0 Å². The Morgan fingerprint density at radius 1 is 1.11 bits per heavy atom. The second-order valence-corrected chi connectivity index (χ2v) is 10.3. The summed E-state index contributed by atoms with van der Waals surface area (Å²) >= 11 is 0. The van der Waals surface area contributed by atoms with Gasteiger partial charge in [-0.25, -0.2) is 12.7 Å². The molecule has 8 nitrogen and oxygen atoms in total. The zero-order valence-electron chi connectivity index (χ0n) is 20.8. The normalized spacial score (nSPS) is 11.5. The van der Waals surface area contributed by atoms with Crippen LogP contribution in [0.1, 0.15) is 19.4 Å². The molecule has 190 valence electrons. The number of rotatable bonds is 9. The van der Waals surface area contributed by atoms with Gasteiger partial charge < -0.3 is 9.26 Å². The minimum atomic E-state index is -4.05. The van der Waals surface area contributed by atoms with Gasteiger partial charge in [0.2, 0.25) is 0 Å². The van der Waals surface area contributed by atoms with Crippen molar-refractivity contribution >= 4 is 32.4 Å². The van der Waals surface area contributed by atoms with Crippen molar-refractivity contribution in [1.82, 2.24) is 9.72 Å². The van der Waals surface area contributed by atoms with E-state index in [1.165, 1.54) is 28.8 Å². The Hall–Kier alpha value is -4.37. The molecule has 0 bridgehead atoms. The summed E-state index contributed by atoms with van der Waals surface area (Å²) < 4.78 is 40.6. The molecule has 0 aliphatic heterocycles. The van der Waals surface area contributed by atoms with E-state index in [2.05, 4.69) is 11.7 Å². The SMILES string of the molecule is C=C/C=C\C(=C(C)C)n1c(=O)ccc2cc(S(=O)(=O)N(Cc3ccc(OC)cc3)c3ccon3)ccc21. The molecule has 2 heterocycles. The van der Waals surface area contributed by atoms with Crippen LogP contribution in [-0.2, 0) is 16.6 Å². The number of allylic oxidation sites excluding steroid dienone is 5. The number of nitrogens with zero attached hydrogens (tertiary/aromatic N) is 3. The van der Waals surface area contributed by atoms with Gasteiger partial charge in [-0.05, 0) is 61.9 Å². The summed E-state index contributed by atoms with van der Waals surface area (Å²) in [6.45, 7) is 7.54. The van der Waals surface area contributed by atoms with Gasteiger partial charge in [-0.3, -0.25) is 9.36 Å². The lowest BCUT2D eigenvalue weighted by Gasteiger charge is -2.22. The van der Waals surface area contributed by atoms with E-state index in [0.717, 1.165) is 11.1 Å². The van der Waals surface area contributed by atoms with Crippen LogP contribution in [0.25, 0.3) is 16.6 Å². The van der Waals surface area contributed by atoms with Crippen LogP contribution in [0.5, 0.6) is 5.75 Å². The molecule has 4 aromatic rings. The molecule has 0 fully saturated rings. The predicted molar refractivity (Wildman–Crippen MR) is 145 cm³/mol. The summed E-state index contributed by atoms with van der Waals surface area (Å²) in [4.78, 5) is 12.9. The van der Waals surface area contributed by atoms with Gasteiger partial charge in [-0.1, -0.05) is 41.6 Å². The van der Waals surface area contributed by atoms with Crippen molar-refractivity contribution in [2.24, 2.45) is 0 Å². The number of hydrogen-bond acceptors (Lipinski definition) is 6. The van der Waals surface area contributed by atoms with Crippen LogP contribution in [0.3, 0.4) is 0 Å². The molecule has 0 N–H and O–H groups in total. The molecule has 0 aliphatic rings. The van der Waals surface area contributed by atoms with Gasteiger partial charge in [0.25, 0.3) is 15.6 Å². The predicted octanol–water partition coefficient (Wildman–Crippen LogP) is 5.39. The molecule has 0 saturated carbocycles. The number of pyridine rings is 1. The molecule has 37 heavy (non-hydrogen) atoms. The Bertz CT molecular complexity index is 1640. The van der Waals surface area contributed by atoms with E-state index in [4.69, 9.17) is 9.26 Å². The fourth-order valence-electron chi connectivity index (χ4n) is 3.90. The Kier molecular flexibility index (Phi) is 7.45. The van der Waals surface area contributed by atoms with Gasteiger partial charge in [0, 0.05) is 23.2 Å². The van der Waals surface area contributed by atoms with Gasteiger partial charge in [-0.15, -0.1) is 0 Å². The number of fused-ring (bicyclic) bond motifs is 1. The zero-order valence-corrected chi connectivity index (χ0v) is 21.6. The fourth-order valence-corrected chi connectivity index (χ4v) is 5.33. The summed E-state index contributed by atoms with van der Waals surface area (Å²) in [5.41, 5.74) is 2.70. The lowest BCUT2D eigenvalue weighted by Crippen LogP contribution is -2.31. The summed E-state index contributed by atoms with van der Waals surface area (Å²) in [6, 6.07) is 16.3. The third-order valence-electron chi connectivity index (χ3n) is 5.76. The van der Waals surface area contributed by atoms with Crippen molar-refractivity contribution in [3.05, 3.63) is 113 Å². The van der Waals surface area contributed by atoms with E-state index in [-0.39, 0.29) is 22.8 Å². The average molecular weight is 518 g/mol. The quantitative estimate of drug-likeness (QED) is 0.277. The highest BCUT2D eigenvalue weighted by molar-refractivity contribution is 7.92. The zero-order chi connectivity index (χ0) is 26.6. The first-order valence-corrected chi connectivity index (χ1v) is 12.9. The molecule has 2 aromatic heterocycles. The van der Waals surface area contributed by atoms with Gasteiger partial charge in [-0.2, -0.15) is 0 Å². The van der Waals surface area contributed by atoms with Crippen molar-refractivity contribution in [3.63, 3.8) is 0 Å². The van der Waals surface area contributed by atoms with Gasteiger partial charge in [0.05, 0.1) is 24.1 Å². The summed E-state index contributed by atoms with van der Waals surface area (Å²) in [6.07, 6.45) is 6.50. The van der Waals surface area contributed by atoms with Crippen LogP contribution >= 0.6 is 0 Å². The minimum Gasteiger partial charge on any atom is -0.497 e. The number of benzene rings is 2. The number of sulfonamides is 1. The molecule has 0 spiro atoms. The highest BCUT2D eigenvalue weighted by atomic mass is 32.2. The van der Waals surface area contributed by atoms with Crippen LogP contribution in [0.4, 0.5) is 5.82 Å². The largest absolute Gasteiger partial charge is 0.497 e. The van der Waals surface area contributed by atoms with E-state index in [1.54, 1.807) is 72.4 Å². The molecular weight excluding hydrogens is 490 g/mol. The maximum atomic E-state index is 13.9. The maximum absolute atomic E-state index is 13.9. The van der Waals surface area contributed by atoms with Gasteiger partial charge in [0.15, 0.2) is 5.82 Å². The Balaban J connectivity index is 1.82. The average Bonchev–Trinajstić information content (AvgIpc) is 3.42. The van der Waals surface area contributed by atoms with Crippen LogP contribution < -0.4 is 14.6 Å². The van der Waals surface area contributed by atoms with Crippen LogP contribution in [0.15, 0.2) is 112 Å². The van der Waals surface area contributed by atoms with Crippen molar-refractivity contribution in [2.75, 3.05) is 11.4 Å². The fraction of sp³-hybridized carbons (Fsp3) is 0.143. The van der Waals surface area contributed by atoms with Crippen LogP contribution in [0, 0.1) is 0 Å². The van der Waals surface area contributed by atoms with E-state index < -0.39 is 10.0 Å². The third-order valence-corrected chi connectivity index (χ3v) is 7.51. The summed E-state index contributed by atoms with van der Waals surface area (Å²) in [5, 5.41) is 4.47. The van der Waals surface area contributed by atoms with Crippen molar-refractivity contribution < 1.29 is 17.7 Å². The first-order valence-electron chi connectivity index (χ1n) is 11.4. The molecule has 2 aromatic carbocycles. The molecule has 9 heteroatoms. The van der Waals surface area contributed by atoms with Crippen LogP contribution in [0.2, 0.25) is 0 Å². The molecule has 0 amide bonds. The topological polar surface area (TPSA) is 94.6 Å². The number of ether oxygens (including phenoxy) is 1. The van der Waals surface area contributed by atoms with Crippen LogP contribution in [-0.4, -0.2) is 25.3 Å². The lowest BCUT2D eigenvalue weighted by atomic mass is 10.1. The Morgan fingerprint density at radius 2 is 1.86 bits per heavy atom. The van der Waals surface area contributed by atoms with E-state index in [9.17, 15) is 13.2 Å². The first-order chi connectivity index (χ1) is 17.8. The summed E-state index contributed by atoms with van der Waals surface area (Å²) in [7, 11) is -2.48. The van der Waals surface area contributed by atoms with E-state index >= 15 is 0 Å². The van der Waals surface area contributed by atoms with Gasteiger partial charge >= 0.3 is 0 Å². The Labute approximate surface area is 215 Å². The monoisotopic (exact) mass is 517 g/mol. The minimum absolute atomic E-state index is 0.0324. The van der Waals surface area contributed by atoms with Crippen molar-refractivity contribution in [2.45, 2.75) is 25.3 Å². The van der Waals surface area contributed by atoms with E-state index in [0.29, 0.717) is 22.3 Å². The molecule has 0 atom stereocenters. The maximum Gasteiger partial charge on any atom is 0.265 e. The molecule has 0 aliphatic carbocycles. The smallest absolute Gasteiger partial charge is 0.265 e. The second kappa shape index (κ2) is 10.7. The van der Waals surface area contributed by atoms with E-state index in [1.807, 2.05) is 13.8 Å². The second-order valence-electron chi connectivity index (χ2n) is 8.43. The molecular formula is C28H27N3O5S. The summed E-state index contributed by atoms with van der Waals surface area (Å²) in [5.74, 6) is 0.820.